The van der Waals surface area contributed by atoms with Crippen molar-refractivity contribution in [2.45, 2.75) is 27.2 Å². The number of hydrogen-bond donors (Lipinski definition) is 2. The largest absolute Gasteiger partial charge is 0.446 e. The van der Waals surface area contributed by atoms with Gasteiger partial charge in [-0.2, -0.15) is 13.1 Å². The van der Waals surface area contributed by atoms with Gasteiger partial charge in [-0.1, -0.05) is 20.8 Å². The van der Waals surface area contributed by atoms with E-state index in [1.54, 1.807) is 4.72 Å². The van der Waals surface area contributed by atoms with E-state index < -0.39 is 16.3 Å². The van der Waals surface area contributed by atoms with Gasteiger partial charge in [-0.25, -0.2) is 9.52 Å². The summed E-state index contributed by atoms with van der Waals surface area (Å²) in [6.07, 6.45) is -0.175. The lowest BCUT2D eigenvalue weighted by Gasteiger charge is -2.17. The van der Waals surface area contributed by atoms with Crippen LogP contribution in [0, 0.1) is 5.41 Å². The van der Waals surface area contributed by atoms with E-state index in [0.717, 1.165) is 6.42 Å². The topological polar surface area (TPSA) is 112 Å². The van der Waals surface area contributed by atoms with Crippen molar-refractivity contribution in [1.29, 1.82) is 0 Å². The molecule has 0 aliphatic rings. The SMILES string of the molecule is COCCOCCNS(=O)(=O)NC(=O)OCCOCCC(C)(C)C. The molecule has 9 nitrogen and oxygen atoms in total. The number of carbonyl (C=O) groups is 1. The van der Waals surface area contributed by atoms with Crippen LogP contribution >= 0.6 is 0 Å². The Morgan fingerprint density at radius 2 is 1.58 bits per heavy atom. The molecule has 0 aliphatic carbocycles. The molecule has 24 heavy (non-hydrogen) atoms. The molecule has 0 atom stereocenters. The van der Waals surface area contributed by atoms with Crippen LogP contribution in [0.15, 0.2) is 0 Å². The van der Waals surface area contributed by atoms with Gasteiger partial charge < -0.3 is 18.9 Å². The summed E-state index contributed by atoms with van der Waals surface area (Å²) in [6.45, 7) is 8.02. The van der Waals surface area contributed by atoms with Crippen LogP contribution in [-0.4, -0.2) is 67.8 Å². The van der Waals surface area contributed by atoms with Gasteiger partial charge >= 0.3 is 16.3 Å². The van der Waals surface area contributed by atoms with Gasteiger partial charge in [-0.15, -0.1) is 0 Å². The van der Waals surface area contributed by atoms with Gasteiger partial charge in [0.15, 0.2) is 0 Å². The number of carbonyl (C=O) groups excluding carboxylic acids is 1. The van der Waals surface area contributed by atoms with Gasteiger partial charge in [0.05, 0.1) is 26.4 Å². The fraction of sp³-hybridized carbons (Fsp3) is 0.929. The summed E-state index contributed by atoms with van der Waals surface area (Å²) < 4.78 is 46.9. The molecule has 0 saturated carbocycles. The molecule has 2 N–H and O–H groups in total. The lowest BCUT2D eigenvalue weighted by atomic mass is 9.93. The Labute approximate surface area is 144 Å². The summed E-state index contributed by atoms with van der Waals surface area (Å²) in [5.74, 6) is 0. The zero-order valence-corrected chi connectivity index (χ0v) is 15.7. The molecule has 0 rings (SSSR count). The van der Waals surface area contributed by atoms with E-state index in [9.17, 15) is 13.2 Å². The quantitative estimate of drug-likeness (QED) is 0.458. The van der Waals surface area contributed by atoms with E-state index in [1.165, 1.54) is 7.11 Å². The maximum atomic E-state index is 11.5. The molecular weight excluding hydrogens is 340 g/mol. The van der Waals surface area contributed by atoms with E-state index in [0.29, 0.717) is 19.8 Å². The molecule has 0 aromatic heterocycles. The highest BCUT2D eigenvalue weighted by atomic mass is 32.2. The van der Waals surface area contributed by atoms with Crippen LogP contribution in [0.1, 0.15) is 27.2 Å². The van der Waals surface area contributed by atoms with E-state index in [4.69, 9.17) is 18.9 Å². The number of hydrogen-bond acceptors (Lipinski definition) is 7. The Morgan fingerprint density at radius 3 is 2.21 bits per heavy atom. The van der Waals surface area contributed by atoms with Crippen molar-refractivity contribution < 1.29 is 32.2 Å². The number of amides is 1. The first-order chi connectivity index (χ1) is 11.2. The first-order valence-corrected chi connectivity index (χ1v) is 9.23. The van der Waals surface area contributed by atoms with E-state index in [2.05, 4.69) is 25.5 Å². The molecule has 0 heterocycles. The van der Waals surface area contributed by atoms with Crippen molar-refractivity contribution in [2.24, 2.45) is 5.41 Å². The van der Waals surface area contributed by atoms with E-state index in [-0.39, 0.29) is 31.8 Å². The first kappa shape index (κ1) is 23.1. The van der Waals surface area contributed by atoms with Crippen LogP contribution in [0.25, 0.3) is 0 Å². The smallest absolute Gasteiger partial charge is 0.421 e. The Hall–Kier alpha value is -0.940. The van der Waals surface area contributed by atoms with Crippen molar-refractivity contribution in [3.05, 3.63) is 0 Å². The molecule has 0 aliphatic heterocycles. The van der Waals surface area contributed by atoms with Gasteiger partial charge in [-0.05, 0) is 11.8 Å². The highest BCUT2D eigenvalue weighted by Crippen LogP contribution is 2.17. The van der Waals surface area contributed by atoms with Crippen LogP contribution in [0.3, 0.4) is 0 Å². The van der Waals surface area contributed by atoms with Gasteiger partial charge in [0.1, 0.15) is 6.61 Å². The predicted molar refractivity (Wildman–Crippen MR) is 89.0 cm³/mol. The number of nitrogens with one attached hydrogen (secondary N) is 2. The molecule has 0 radical (unpaired) electrons. The average Bonchev–Trinajstić information content (AvgIpc) is 2.44. The average molecular weight is 370 g/mol. The summed E-state index contributed by atoms with van der Waals surface area (Å²) in [4.78, 5) is 11.4. The molecule has 0 spiro atoms. The summed E-state index contributed by atoms with van der Waals surface area (Å²) in [5.41, 5.74) is 0.172. The number of ether oxygens (including phenoxy) is 4. The minimum Gasteiger partial charge on any atom is -0.446 e. The minimum atomic E-state index is -3.97. The highest BCUT2D eigenvalue weighted by Gasteiger charge is 2.14. The molecule has 10 heteroatoms. The number of rotatable bonds is 13. The molecule has 0 unspecified atom stereocenters. The lowest BCUT2D eigenvalue weighted by molar-refractivity contribution is 0.0628. The molecule has 144 valence electrons. The van der Waals surface area contributed by atoms with Gasteiger partial charge in [0.2, 0.25) is 0 Å². The summed E-state index contributed by atoms with van der Waals surface area (Å²) in [7, 11) is -2.43. The first-order valence-electron chi connectivity index (χ1n) is 7.75. The van der Waals surface area contributed by atoms with Crippen molar-refractivity contribution in [1.82, 2.24) is 9.44 Å². The third kappa shape index (κ3) is 15.9. The predicted octanol–water partition coefficient (Wildman–Crippen LogP) is 0.663. The normalized spacial score (nSPS) is 12.2. The van der Waals surface area contributed by atoms with Crippen molar-refractivity contribution in [3.63, 3.8) is 0 Å². The minimum absolute atomic E-state index is 0.0222. The lowest BCUT2D eigenvalue weighted by Crippen LogP contribution is -2.42. The Kier molecular flexibility index (Phi) is 11.9. The standard InChI is InChI=1S/C14H30N2O7S/c1-14(2,3)5-7-21-11-12-23-13(17)16-24(18,19)15-6-8-22-10-9-20-4/h15H,5-12H2,1-4H3,(H,16,17). The molecule has 0 aromatic rings. The second kappa shape index (κ2) is 12.4. The Bertz CT molecular complexity index is 435. The van der Waals surface area contributed by atoms with Crippen LogP contribution in [0.2, 0.25) is 0 Å². The van der Waals surface area contributed by atoms with Crippen LogP contribution in [0.4, 0.5) is 4.79 Å². The second-order valence-electron chi connectivity index (χ2n) is 6.16. The van der Waals surface area contributed by atoms with Gasteiger partial charge in [0, 0.05) is 20.3 Å². The summed E-state index contributed by atoms with van der Waals surface area (Å²) in [6, 6.07) is 0. The Morgan fingerprint density at radius 1 is 0.958 bits per heavy atom. The molecular formula is C14H30N2O7S. The maximum absolute atomic E-state index is 11.5. The van der Waals surface area contributed by atoms with Crippen molar-refractivity contribution in [2.75, 3.05) is 53.3 Å². The van der Waals surface area contributed by atoms with Crippen molar-refractivity contribution in [3.8, 4) is 0 Å². The maximum Gasteiger partial charge on any atom is 0.421 e. The fourth-order valence-electron chi connectivity index (χ4n) is 1.34. The van der Waals surface area contributed by atoms with Crippen LogP contribution in [0.5, 0.6) is 0 Å². The highest BCUT2D eigenvalue weighted by molar-refractivity contribution is 7.88. The van der Waals surface area contributed by atoms with E-state index in [1.807, 2.05) is 0 Å². The van der Waals surface area contributed by atoms with Crippen LogP contribution in [-0.2, 0) is 29.2 Å². The van der Waals surface area contributed by atoms with E-state index >= 15 is 0 Å². The van der Waals surface area contributed by atoms with Gasteiger partial charge in [0.25, 0.3) is 0 Å². The fourth-order valence-corrected chi connectivity index (χ4v) is 2.04. The van der Waals surface area contributed by atoms with Crippen LogP contribution < -0.4 is 9.44 Å². The third-order valence-corrected chi connectivity index (χ3v) is 3.66. The van der Waals surface area contributed by atoms with Gasteiger partial charge in [-0.3, -0.25) is 0 Å². The summed E-state index contributed by atoms with van der Waals surface area (Å²) >= 11 is 0. The monoisotopic (exact) mass is 370 g/mol. The second-order valence-corrected chi connectivity index (χ2v) is 7.66. The molecule has 0 bridgehead atoms. The zero-order chi connectivity index (χ0) is 18.5. The molecule has 0 saturated heterocycles. The summed E-state index contributed by atoms with van der Waals surface area (Å²) in [5, 5.41) is 0. The number of methoxy groups -OCH3 is 1. The molecule has 0 aromatic carbocycles. The van der Waals surface area contributed by atoms with Crippen molar-refractivity contribution >= 4 is 16.3 Å². The molecule has 0 fully saturated rings. The zero-order valence-electron chi connectivity index (χ0n) is 14.9. The Balaban J connectivity index is 3.70. The molecule has 1 amide bonds. The third-order valence-electron chi connectivity index (χ3n) is 2.65.